The number of oxazole rings is 1. The second-order valence-corrected chi connectivity index (χ2v) is 9.57. The molecule has 1 fully saturated rings. The van der Waals surface area contributed by atoms with E-state index in [0.717, 1.165) is 42.1 Å². The number of unbranched alkanes of at least 4 members (excludes halogenated alkanes) is 1. The first-order valence-electron chi connectivity index (χ1n) is 11.8. The SMILES string of the molecule is CCCCC1CCN(CCCn2c(=O)oc3c(C(C)C)cc(C(C)C)cc32)CC1. The fraction of sp³-hybridized carbons (Fsp3) is 0.720. The van der Waals surface area contributed by atoms with Crippen LogP contribution in [0.4, 0.5) is 0 Å². The lowest BCUT2D eigenvalue weighted by molar-refractivity contribution is 0.173. The Morgan fingerprint density at radius 1 is 1.03 bits per heavy atom. The molecule has 2 heterocycles. The third kappa shape index (κ3) is 5.33. The van der Waals surface area contributed by atoms with Crippen molar-refractivity contribution < 1.29 is 4.42 Å². The summed E-state index contributed by atoms with van der Waals surface area (Å²) < 4.78 is 7.58. The van der Waals surface area contributed by atoms with Gasteiger partial charge in [0.15, 0.2) is 5.58 Å². The minimum Gasteiger partial charge on any atom is -0.407 e. The van der Waals surface area contributed by atoms with Crippen molar-refractivity contribution in [3.05, 3.63) is 33.8 Å². The minimum absolute atomic E-state index is 0.207. The molecule has 4 nitrogen and oxygen atoms in total. The molecule has 1 saturated heterocycles. The number of aromatic nitrogens is 1. The average molecular weight is 401 g/mol. The van der Waals surface area contributed by atoms with Gasteiger partial charge in [0.05, 0.1) is 5.52 Å². The van der Waals surface area contributed by atoms with Gasteiger partial charge in [0, 0.05) is 6.54 Å². The van der Waals surface area contributed by atoms with E-state index in [1.54, 1.807) is 0 Å². The number of piperidine rings is 1. The molecule has 0 bridgehead atoms. The van der Waals surface area contributed by atoms with Gasteiger partial charge in [-0.05, 0) is 73.8 Å². The van der Waals surface area contributed by atoms with Crippen LogP contribution in [-0.4, -0.2) is 29.1 Å². The van der Waals surface area contributed by atoms with E-state index in [1.807, 2.05) is 4.57 Å². The van der Waals surface area contributed by atoms with Crippen molar-refractivity contribution in [2.24, 2.45) is 5.92 Å². The summed E-state index contributed by atoms with van der Waals surface area (Å²) in [5.74, 6) is 1.49. The Hall–Kier alpha value is -1.55. The molecule has 4 heteroatoms. The predicted octanol–water partition coefficient (Wildman–Crippen LogP) is 6.13. The zero-order valence-corrected chi connectivity index (χ0v) is 19.2. The van der Waals surface area contributed by atoms with Crippen LogP contribution in [0.2, 0.25) is 0 Å². The number of hydrogen-bond acceptors (Lipinski definition) is 3. The van der Waals surface area contributed by atoms with E-state index in [2.05, 4.69) is 51.7 Å². The third-order valence-corrected chi connectivity index (χ3v) is 6.64. The molecule has 1 aliphatic rings. The number of rotatable bonds is 9. The van der Waals surface area contributed by atoms with Crippen molar-refractivity contribution >= 4 is 11.1 Å². The molecule has 0 saturated carbocycles. The first-order valence-corrected chi connectivity index (χ1v) is 11.8. The molecule has 3 rings (SSSR count). The van der Waals surface area contributed by atoms with E-state index in [4.69, 9.17) is 4.42 Å². The van der Waals surface area contributed by atoms with Crippen LogP contribution in [0.15, 0.2) is 21.3 Å². The lowest BCUT2D eigenvalue weighted by Crippen LogP contribution is -2.35. The Bertz CT molecular complexity index is 838. The predicted molar refractivity (Wildman–Crippen MR) is 122 cm³/mol. The summed E-state index contributed by atoms with van der Waals surface area (Å²) >= 11 is 0. The van der Waals surface area contributed by atoms with Gasteiger partial charge in [0.2, 0.25) is 0 Å². The Kier molecular flexibility index (Phi) is 7.61. The Balaban J connectivity index is 1.66. The Morgan fingerprint density at radius 3 is 2.38 bits per heavy atom. The van der Waals surface area contributed by atoms with Crippen molar-refractivity contribution in [3.8, 4) is 0 Å². The maximum absolute atomic E-state index is 12.6. The quantitative estimate of drug-likeness (QED) is 0.508. The summed E-state index contributed by atoms with van der Waals surface area (Å²) in [6, 6.07) is 4.38. The molecule has 0 aliphatic carbocycles. The van der Waals surface area contributed by atoms with E-state index in [0.29, 0.717) is 11.8 Å². The number of nitrogens with zero attached hydrogens (tertiary/aromatic N) is 2. The van der Waals surface area contributed by atoms with Crippen LogP contribution in [-0.2, 0) is 6.54 Å². The van der Waals surface area contributed by atoms with Crippen LogP contribution in [0.1, 0.15) is 96.1 Å². The van der Waals surface area contributed by atoms with Crippen molar-refractivity contribution in [2.75, 3.05) is 19.6 Å². The van der Waals surface area contributed by atoms with Crippen molar-refractivity contribution in [1.29, 1.82) is 0 Å². The molecule has 0 spiro atoms. The standard InChI is InChI=1S/C25H40N2O2/c1-6-7-9-20-10-14-26(15-11-20)12-8-13-27-23-17-21(18(2)3)16-22(19(4)5)24(23)29-25(27)28/h16-20H,6-15H2,1-5H3. The minimum atomic E-state index is -0.207. The van der Waals surface area contributed by atoms with Gasteiger partial charge in [-0.25, -0.2) is 4.79 Å². The number of fused-ring (bicyclic) bond motifs is 1. The molecular formula is C25H40N2O2. The van der Waals surface area contributed by atoms with Crippen LogP contribution in [0, 0.1) is 5.92 Å². The largest absolute Gasteiger partial charge is 0.419 e. The zero-order valence-electron chi connectivity index (χ0n) is 19.2. The summed E-state index contributed by atoms with van der Waals surface area (Å²) in [6.07, 6.45) is 7.75. The lowest BCUT2D eigenvalue weighted by Gasteiger charge is -2.32. The van der Waals surface area contributed by atoms with Gasteiger partial charge in [-0.2, -0.15) is 0 Å². The van der Waals surface area contributed by atoms with Crippen molar-refractivity contribution in [3.63, 3.8) is 0 Å². The lowest BCUT2D eigenvalue weighted by atomic mass is 9.91. The summed E-state index contributed by atoms with van der Waals surface area (Å²) in [5.41, 5.74) is 4.19. The number of likely N-dealkylation sites (tertiary alicyclic amines) is 1. The molecule has 0 amide bonds. The zero-order chi connectivity index (χ0) is 21.0. The molecule has 0 N–H and O–H groups in total. The number of benzene rings is 1. The topological polar surface area (TPSA) is 38.4 Å². The van der Waals surface area contributed by atoms with Crippen LogP contribution >= 0.6 is 0 Å². The van der Waals surface area contributed by atoms with Gasteiger partial charge in [-0.1, -0.05) is 59.9 Å². The second kappa shape index (κ2) is 9.97. The van der Waals surface area contributed by atoms with Crippen LogP contribution in [0.5, 0.6) is 0 Å². The Labute approximate surface area is 176 Å². The highest BCUT2D eigenvalue weighted by Gasteiger charge is 2.20. The van der Waals surface area contributed by atoms with Gasteiger partial charge in [-0.3, -0.25) is 4.57 Å². The van der Waals surface area contributed by atoms with Gasteiger partial charge < -0.3 is 9.32 Å². The second-order valence-electron chi connectivity index (χ2n) is 9.57. The molecule has 0 unspecified atom stereocenters. The first-order chi connectivity index (χ1) is 13.9. The number of hydrogen-bond donors (Lipinski definition) is 0. The van der Waals surface area contributed by atoms with Gasteiger partial charge in [-0.15, -0.1) is 0 Å². The van der Waals surface area contributed by atoms with E-state index in [-0.39, 0.29) is 5.76 Å². The average Bonchev–Trinajstić information content (AvgIpc) is 3.01. The van der Waals surface area contributed by atoms with Crippen LogP contribution in [0.25, 0.3) is 11.1 Å². The molecule has 0 radical (unpaired) electrons. The molecule has 1 aliphatic heterocycles. The van der Waals surface area contributed by atoms with Crippen molar-refractivity contribution in [1.82, 2.24) is 9.47 Å². The molecule has 2 aromatic rings. The van der Waals surface area contributed by atoms with Gasteiger partial charge >= 0.3 is 5.76 Å². The maximum atomic E-state index is 12.6. The molecular weight excluding hydrogens is 360 g/mol. The summed E-state index contributed by atoms with van der Waals surface area (Å²) in [4.78, 5) is 15.2. The van der Waals surface area contributed by atoms with E-state index in [9.17, 15) is 4.79 Å². The van der Waals surface area contributed by atoms with Crippen LogP contribution in [0.3, 0.4) is 0 Å². The summed E-state index contributed by atoms with van der Waals surface area (Å²) in [6.45, 7) is 15.3. The van der Waals surface area contributed by atoms with Crippen LogP contribution < -0.4 is 5.76 Å². The highest BCUT2D eigenvalue weighted by molar-refractivity contribution is 5.78. The van der Waals surface area contributed by atoms with Gasteiger partial charge in [0.25, 0.3) is 0 Å². The maximum Gasteiger partial charge on any atom is 0.419 e. The molecule has 29 heavy (non-hydrogen) atoms. The molecule has 1 aromatic heterocycles. The van der Waals surface area contributed by atoms with Crippen molar-refractivity contribution in [2.45, 2.75) is 91.5 Å². The fourth-order valence-corrected chi connectivity index (χ4v) is 4.63. The Morgan fingerprint density at radius 2 is 1.76 bits per heavy atom. The van der Waals surface area contributed by atoms with Gasteiger partial charge in [0.1, 0.15) is 0 Å². The smallest absolute Gasteiger partial charge is 0.407 e. The molecule has 0 atom stereocenters. The monoisotopic (exact) mass is 400 g/mol. The summed E-state index contributed by atoms with van der Waals surface area (Å²) in [7, 11) is 0. The fourth-order valence-electron chi connectivity index (χ4n) is 4.63. The summed E-state index contributed by atoms with van der Waals surface area (Å²) in [5, 5.41) is 0. The molecule has 162 valence electrons. The first kappa shape index (κ1) is 22.1. The molecule has 1 aromatic carbocycles. The number of aryl methyl sites for hydroxylation is 1. The van der Waals surface area contributed by atoms with E-state index >= 15 is 0 Å². The van der Waals surface area contributed by atoms with E-state index in [1.165, 1.54) is 50.8 Å². The highest BCUT2D eigenvalue weighted by atomic mass is 16.4. The highest BCUT2D eigenvalue weighted by Crippen LogP contribution is 2.30. The normalized spacial score (nSPS) is 16.5. The van der Waals surface area contributed by atoms with E-state index < -0.39 is 0 Å². The third-order valence-electron chi connectivity index (χ3n) is 6.64.